The van der Waals surface area contributed by atoms with E-state index in [1.807, 2.05) is 32.9 Å². The van der Waals surface area contributed by atoms with Crippen LogP contribution >= 0.6 is 0 Å². The molecule has 2 aromatic carbocycles. The molecule has 3 aromatic rings. The summed E-state index contributed by atoms with van der Waals surface area (Å²) in [7, 11) is 0. The van der Waals surface area contributed by atoms with E-state index < -0.39 is 0 Å². The number of aliphatic hydroxyl groups excluding tert-OH is 1. The highest BCUT2D eigenvalue weighted by molar-refractivity contribution is 5.99. The molecule has 2 aliphatic heterocycles. The van der Waals surface area contributed by atoms with Crippen molar-refractivity contribution in [1.82, 2.24) is 15.2 Å². The van der Waals surface area contributed by atoms with E-state index in [0.717, 1.165) is 92.2 Å². The summed E-state index contributed by atoms with van der Waals surface area (Å²) in [6, 6.07) is 15.0. The zero-order chi connectivity index (χ0) is 30.5. The molecule has 1 aromatic heterocycles. The fourth-order valence-electron chi connectivity index (χ4n) is 6.62. The summed E-state index contributed by atoms with van der Waals surface area (Å²) >= 11 is 0. The number of ether oxygens (including phenoxy) is 1. The van der Waals surface area contributed by atoms with Crippen LogP contribution < -0.4 is 15.8 Å². The molecule has 1 amide bonds. The zero-order valence-electron chi connectivity index (χ0n) is 26.0. The molecule has 43 heavy (non-hydrogen) atoms. The molecular weight excluding hydrogens is 540 g/mol. The second-order valence-electron chi connectivity index (χ2n) is 12.2. The number of carbonyl (C=O) groups is 1. The maximum Gasteiger partial charge on any atom is 0.253 e. The van der Waals surface area contributed by atoms with Gasteiger partial charge in [0.05, 0.1) is 6.10 Å². The quantitative estimate of drug-likeness (QED) is 0.331. The molecule has 1 atom stereocenters. The summed E-state index contributed by atoms with van der Waals surface area (Å²) in [4.78, 5) is 33.9. The normalized spacial score (nSPS) is 18.0. The SMILES string of the molecule is CCN(c1cc(-c2ccc(CN3CCC[C@@H](O)C3)cc2)cc(C(=O)NCc2c(C)cc(C)[nH]c2=O)c1C)C1CCOCC1. The highest BCUT2D eigenvalue weighted by atomic mass is 16.5. The maximum atomic E-state index is 13.8. The number of benzene rings is 2. The van der Waals surface area contributed by atoms with E-state index in [4.69, 9.17) is 4.74 Å². The van der Waals surface area contributed by atoms with Crippen molar-refractivity contribution in [3.8, 4) is 11.1 Å². The van der Waals surface area contributed by atoms with Gasteiger partial charge in [0.1, 0.15) is 0 Å². The molecule has 0 radical (unpaired) electrons. The number of anilines is 1. The molecule has 230 valence electrons. The molecule has 3 N–H and O–H groups in total. The van der Waals surface area contributed by atoms with E-state index >= 15 is 0 Å². The molecule has 8 heteroatoms. The van der Waals surface area contributed by atoms with Crippen LogP contribution in [-0.2, 0) is 17.8 Å². The summed E-state index contributed by atoms with van der Waals surface area (Å²) in [6.45, 7) is 13.0. The molecule has 0 spiro atoms. The first kappa shape index (κ1) is 31.0. The molecule has 2 fully saturated rings. The van der Waals surface area contributed by atoms with Crippen LogP contribution in [0.15, 0.2) is 47.3 Å². The first-order valence-corrected chi connectivity index (χ1v) is 15.7. The van der Waals surface area contributed by atoms with Gasteiger partial charge >= 0.3 is 0 Å². The number of likely N-dealkylation sites (tertiary alicyclic amines) is 1. The summed E-state index contributed by atoms with van der Waals surface area (Å²) in [6.07, 6.45) is 3.57. The zero-order valence-corrected chi connectivity index (χ0v) is 26.0. The lowest BCUT2D eigenvalue weighted by Gasteiger charge is -2.37. The van der Waals surface area contributed by atoms with E-state index in [9.17, 15) is 14.7 Å². The van der Waals surface area contributed by atoms with Gasteiger partial charge < -0.3 is 25.0 Å². The Morgan fingerprint density at radius 3 is 2.49 bits per heavy atom. The highest BCUT2D eigenvalue weighted by Gasteiger charge is 2.25. The van der Waals surface area contributed by atoms with Crippen LogP contribution in [0.25, 0.3) is 11.1 Å². The molecule has 0 aliphatic carbocycles. The van der Waals surface area contributed by atoms with Gasteiger partial charge in [-0.05, 0) is 106 Å². The minimum absolute atomic E-state index is 0.163. The van der Waals surface area contributed by atoms with Crippen LogP contribution in [-0.4, -0.2) is 65.9 Å². The largest absolute Gasteiger partial charge is 0.392 e. The lowest BCUT2D eigenvalue weighted by Crippen LogP contribution is -2.40. The molecule has 2 saturated heterocycles. The number of aryl methyl sites for hydroxylation is 2. The van der Waals surface area contributed by atoms with Crippen molar-refractivity contribution in [3.05, 3.63) is 86.3 Å². The molecule has 0 bridgehead atoms. The number of H-pyrrole nitrogens is 1. The lowest BCUT2D eigenvalue weighted by molar-refractivity contribution is 0.0668. The highest BCUT2D eigenvalue weighted by Crippen LogP contribution is 2.34. The standard InChI is InChI=1S/C35H46N4O4/c1-5-39(29-12-15-43-16-13-29)33-19-28(27-10-8-26(9-11-27)21-38-14-6-7-30(40)22-38)18-31(25(33)4)34(41)36-20-32-23(2)17-24(3)37-35(32)42/h8-11,17-19,29-30,40H,5-7,12-16,20-22H2,1-4H3,(H,36,41)(H,37,42)/t30-/m1/s1. The average Bonchev–Trinajstić information content (AvgIpc) is 2.99. The number of hydrogen-bond donors (Lipinski definition) is 3. The Balaban J connectivity index is 1.46. The number of nitrogens with zero attached hydrogens (tertiary/aromatic N) is 2. The fraction of sp³-hybridized carbons (Fsp3) is 0.486. The Morgan fingerprint density at radius 2 is 1.81 bits per heavy atom. The number of aromatic amines is 1. The lowest BCUT2D eigenvalue weighted by atomic mass is 9.94. The van der Waals surface area contributed by atoms with Crippen molar-refractivity contribution in [3.63, 3.8) is 0 Å². The summed E-state index contributed by atoms with van der Waals surface area (Å²) in [5, 5.41) is 13.1. The number of aliphatic hydroxyl groups is 1. The Morgan fingerprint density at radius 1 is 1.07 bits per heavy atom. The minimum Gasteiger partial charge on any atom is -0.392 e. The fourth-order valence-corrected chi connectivity index (χ4v) is 6.62. The Labute approximate surface area is 255 Å². The third-order valence-electron chi connectivity index (χ3n) is 9.00. The average molecular weight is 587 g/mol. The number of rotatable bonds is 9. The Bertz CT molecular complexity index is 1480. The van der Waals surface area contributed by atoms with Gasteiger partial charge in [0.25, 0.3) is 11.5 Å². The van der Waals surface area contributed by atoms with Crippen LogP contribution in [0.2, 0.25) is 0 Å². The first-order valence-electron chi connectivity index (χ1n) is 15.7. The van der Waals surface area contributed by atoms with Crippen molar-refractivity contribution in [2.75, 3.05) is 37.7 Å². The van der Waals surface area contributed by atoms with E-state index in [1.54, 1.807) is 0 Å². The summed E-state index contributed by atoms with van der Waals surface area (Å²) in [5.74, 6) is -0.191. The molecule has 0 saturated carbocycles. The predicted octanol–water partition coefficient (Wildman–Crippen LogP) is 4.86. The number of pyridine rings is 1. The number of carbonyl (C=O) groups excluding carboxylic acids is 1. The van der Waals surface area contributed by atoms with Crippen molar-refractivity contribution >= 4 is 11.6 Å². The van der Waals surface area contributed by atoms with Gasteiger partial charge in [-0.15, -0.1) is 0 Å². The predicted molar refractivity (Wildman–Crippen MR) is 172 cm³/mol. The third kappa shape index (κ3) is 7.37. The molecular formula is C35H46N4O4. The van der Waals surface area contributed by atoms with E-state index in [0.29, 0.717) is 23.7 Å². The molecule has 5 rings (SSSR count). The van der Waals surface area contributed by atoms with Crippen molar-refractivity contribution < 1.29 is 14.6 Å². The molecule has 3 heterocycles. The summed E-state index contributed by atoms with van der Waals surface area (Å²) in [5.41, 5.74) is 7.93. The second kappa shape index (κ2) is 13.9. The van der Waals surface area contributed by atoms with Crippen LogP contribution in [0.3, 0.4) is 0 Å². The van der Waals surface area contributed by atoms with Gasteiger partial charge in [-0.3, -0.25) is 14.5 Å². The number of nitrogens with one attached hydrogen (secondary N) is 2. The number of β-amino-alcohol motifs (C(OH)–C–C–N with tert-alkyl or cyclic N) is 1. The Hall–Kier alpha value is -3.46. The minimum atomic E-state index is -0.242. The van der Waals surface area contributed by atoms with Gasteiger partial charge in [-0.25, -0.2) is 0 Å². The second-order valence-corrected chi connectivity index (χ2v) is 12.2. The first-order chi connectivity index (χ1) is 20.7. The van der Waals surface area contributed by atoms with Gasteiger partial charge in [-0.1, -0.05) is 24.3 Å². The molecule has 2 aliphatic rings. The van der Waals surface area contributed by atoms with E-state index in [1.165, 1.54) is 5.56 Å². The number of piperidine rings is 1. The Kier molecular flexibility index (Phi) is 10.0. The molecule has 8 nitrogen and oxygen atoms in total. The maximum absolute atomic E-state index is 13.8. The van der Waals surface area contributed by atoms with Crippen LogP contribution in [0, 0.1) is 20.8 Å². The van der Waals surface area contributed by atoms with Crippen LogP contribution in [0.1, 0.15) is 70.9 Å². The monoisotopic (exact) mass is 586 g/mol. The summed E-state index contributed by atoms with van der Waals surface area (Å²) < 4.78 is 5.65. The van der Waals surface area contributed by atoms with E-state index in [-0.39, 0.29) is 24.1 Å². The third-order valence-corrected chi connectivity index (χ3v) is 9.00. The van der Waals surface area contributed by atoms with Crippen molar-refractivity contribution in [2.24, 2.45) is 0 Å². The van der Waals surface area contributed by atoms with Gasteiger partial charge in [0, 0.05) is 67.9 Å². The van der Waals surface area contributed by atoms with Gasteiger partial charge in [0.15, 0.2) is 0 Å². The van der Waals surface area contributed by atoms with Crippen LogP contribution in [0.5, 0.6) is 0 Å². The van der Waals surface area contributed by atoms with Crippen LogP contribution in [0.4, 0.5) is 5.69 Å². The molecule has 0 unspecified atom stereocenters. The van der Waals surface area contributed by atoms with Crippen molar-refractivity contribution in [2.45, 2.75) is 78.6 Å². The smallest absolute Gasteiger partial charge is 0.253 e. The van der Waals surface area contributed by atoms with Crippen molar-refractivity contribution in [1.29, 1.82) is 0 Å². The number of amides is 1. The topological polar surface area (TPSA) is 97.9 Å². The number of hydrogen-bond acceptors (Lipinski definition) is 6. The van der Waals surface area contributed by atoms with Gasteiger partial charge in [-0.2, -0.15) is 0 Å². The van der Waals surface area contributed by atoms with Gasteiger partial charge in [0.2, 0.25) is 0 Å². The number of aromatic nitrogens is 1. The van der Waals surface area contributed by atoms with E-state index in [2.05, 4.69) is 57.4 Å².